The topological polar surface area (TPSA) is 76.9 Å². The average Bonchev–Trinajstić information content (AvgIpc) is 3.15. The zero-order valence-corrected chi connectivity index (χ0v) is 14.5. The van der Waals surface area contributed by atoms with Gasteiger partial charge in [0.25, 0.3) is 10.0 Å². The van der Waals surface area contributed by atoms with E-state index in [0.717, 1.165) is 20.8 Å². The van der Waals surface area contributed by atoms with E-state index in [9.17, 15) is 8.42 Å². The van der Waals surface area contributed by atoms with Gasteiger partial charge < -0.3 is 5.32 Å². The van der Waals surface area contributed by atoms with Crippen LogP contribution in [-0.2, 0) is 16.6 Å². The number of anilines is 1. The van der Waals surface area contributed by atoms with Crippen LogP contribution in [-0.4, -0.2) is 28.8 Å². The molecule has 0 fully saturated rings. The third-order valence-corrected chi connectivity index (χ3v) is 5.15. The summed E-state index contributed by atoms with van der Waals surface area (Å²) >= 11 is 7.55. The maximum atomic E-state index is 11.9. The molecule has 1 aromatic carbocycles. The first-order chi connectivity index (χ1) is 10.9. The summed E-state index contributed by atoms with van der Waals surface area (Å²) in [5.74, 6) is 0.530. The molecule has 3 aromatic rings. The fourth-order valence-corrected chi connectivity index (χ4v) is 3.46. The van der Waals surface area contributed by atoms with E-state index in [4.69, 9.17) is 11.6 Å². The van der Waals surface area contributed by atoms with Crippen LogP contribution in [0.2, 0.25) is 5.02 Å². The lowest BCUT2D eigenvalue weighted by atomic mass is 10.2. The van der Waals surface area contributed by atoms with Crippen molar-refractivity contribution in [2.75, 3.05) is 11.6 Å². The maximum Gasteiger partial charge on any atom is 0.254 e. The summed E-state index contributed by atoms with van der Waals surface area (Å²) in [6.45, 7) is 0.345. The molecular weight excluding hydrogens is 356 g/mol. The Balaban J connectivity index is 1.93. The molecule has 120 valence electrons. The highest BCUT2D eigenvalue weighted by Gasteiger charge is 2.18. The van der Waals surface area contributed by atoms with E-state index in [-0.39, 0.29) is 5.95 Å². The molecule has 23 heavy (non-hydrogen) atoms. The molecule has 0 saturated carbocycles. The molecule has 0 amide bonds. The van der Waals surface area contributed by atoms with E-state index in [0.29, 0.717) is 17.4 Å². The fraction of sp³-hybridized carbons (Fsp3) is 0.143. The Labute approximate surface area is 142 Å². The van der Waals surface area contributed by atoms with Gasteiger partial charge in [-0.15, -0.1) is 20.5 Å². The van der Waals surface area contributed by atoms with Gasteiger partial charge in [-0.1, -0.05) is 35.9 Å². The molecule has 0 bridgehead atoms. The summed E-state index contributed by atoms with van der Waals surface area (Å²) < 4.78 is 24.7. The SMILES string of the molecule is CS(=O)(=O)n1nc(-c2cccs2)nc1NCc1ccccc1Cl. The maximum absolute atomic E-state index is 11.9. The van der Waals surface area contributed by atoms with Crippen LogP contribution in [0.15, 0.2) is 41.8 Å². The summed E-state index contributed by atoms with van der Waals surface area (Å²) in [6.07, 6.45) is 1.08. The van der Waals surface area contributed by atoms with Crippen molar-refractivity contribution >= 4 is 38.9 Å². The van der Waals surface area contributed by atoms with Gasteiger partial charge >= 0.3 is 0 Å². The summed E-state index contributed by atoms with van der Waals surface area (Å²) in [5, 5.41) is 9.56. The van der Waals surface area contributed by atoms with Crippen LogP contribution in [0.1, 0.15) is 5.56 Å². The van der Waals surface area contributed by atoms with Crippen LogP contribution >= 0.6 is 22.9 Å². The Morgan fingerprint density at radius 1 is 1.26 bits per heavy atom. The van der Waals surface area contributed by atoms with E-state index in [1.165, 1.54) is 11.3 Å². The highest BCUT2D eigenvalue weighted by atomic mass is 35.5. The molecule has 1 N–H and O–H groups in total. The van der Waals surface area contributed by atoms with Crippen LogP contribution in [0.4, 0.5) is 5.95 Å². The van der Waals surface area contributed by atoms with Crippen LogP contribution in [0.5, 0.6) is 0 Å². The van der Waals surface area contributed by atoms with Gasteiger partial charge in [0.05, 0.1) is 11.1 Å². The monoisotopic (exact) mass is 368 g/mol. The molecule has 0 aliphatic heterocycles. The molecule has 3 rings (SSSR count). The Hall–Kier alpha value is -1.90. The lowest BCUT2D eigenvalue weighted by molar-refractivity contribution is 0.587. The van der Waals surface area contributed by atoms with Crippen molar-refractivity contribution < 1.29 is 8.42 Å². The Bertz CT molecular complexity index is 920. The molecule has 2 heterocycles. The lowest BCUT2D eigenvalue weighted by Gasteiger charge is -2.07. The number of nitrogens with zero attached hydrogens (tertiary/aromatic N) is 3. The largest absolute Gasteiger partial charge is 0.349 e. The molecule has 0 aliphatic carbocycles. The minimum absolute atomic E-state index is 0.163. The lowest BCUT2D eigenvalue weighted by Crippen LogP contribution is -2.16. The highest BCUT2D eigenvalue weighted by molar-refractivity contribution is 7.89. The van der Waals surface area contributed by atoms with E-state index in [2.05, 4.69) is 15.4 Å². The highest BCUT2D eigenvalue weighted by Crippen LogP contribution is 2.24. The molecule has 0 radical (unpaired) electrons. The van der Waals surface area contributed by atoms with Gasteiger partial charge in [0, 0.05) is 11.6 Å². The number of hydrogen-bond donors (Lipinski definition) is 1. The number of aromatic nitrogens is 3. The smallest absolute Gasteiger partial charge is 0.254 e. The molecule has 0 aliphatic rings. The first-order valence-corrected chi connectivity index (χ1v) is 9.74. The number of rotatable bonds is 5. The van der Waals surface area contributed by atoms with Crippen LogP contribution in [0.25, 0.3) is 10.7 Å². The molecule has 9 heteroatoms. The molecular formula is C14H13ClN4O2S2. The van der Waals surface area contributed by atoms with Gasteiger partial charge in [-0.2, -0.15) is 4.98 Å². The van der Waals surface area contributed by atoms with E-state index in [1.807, 2.05) is 35.7 Å². The second kappa shape index (κ2) is 6.31. The molecule has 2 aromatic heterocycles. The van der Waals surface area contributed by atoms with Crippen molar-refractivity contribution in [2.45, 2.75) is 6.54 Å². The summed E-state index contributed by atoms with van der Waals surface area (Å²) in [5.41, 5.74) is 0.842. The van der Waals surface area contributed by atoms with Crippen LogP contribution in [0, 0.1) is 0 Å². The second-order valence-corrected chi connectivity index (χ2v) is 7.95. The summed E-state index contributed by atoms with van der Waals surface area (Å²) in [6, 6.07) is 11.0. The number of nitrogens with one attached hydrogen (secondary N) is 1. The molecule has 6 nitrogen and oxygen atoms in total. The Kier molecular flexibility index (Phi) is 4.38. The summed E-state index contributed by atoms with van der Waals surface area (Å²) in [4.78, 5) is 5.09. The third kappa shape index (κ3) is 3.54. The predicted octanol–water partition coefficient (Wildman–Crippen LogP) is 3.08. The first-order valence-electron chi connectivity index (χ1n) is 6.64. The number of halogens is 1. The summed E-state index contributed by atoms with van der Waals surface area (Å²) in [7, 11) is -3.57. The molecule has 0 saturated heterocycles. The van der Waals surface area contributed by atoms with Crippen molar-refractivity contribution in [3.05, 3.63) is 52.4 Å². The van der Waals surface area contributed by atoms with Gasteiger partial charge in [-0.3, -0.25) is 0 Å². The Morgan fingerprint density at radius 3 is 2.70 bits per heavy atom. The molecule has 0 unspecified atom stereocenters. The van der Waals surface area contributed by atoms with Gasteiger partial charge in [-0.25, -0.2) is 8.42 Å². The minimum Gasteiger partial charge on any atom is -0.349 e. The van der Waals surface area contributed by atoms with Gasteiger partial charge in [-0.05, 0) is 23.1 Å². The zero-order valence-electron chi connectivity index (χ0n) is 12.1. The van der Waals surface area contributed by atoms with Gasteiger partial charge in [0.15, 0.2) is 5.82 Å². The van der Waals surface area contributed by atoms with Crippen molar-refractivity contribution in [3.63, 3.8) is 0 Å². The van der Waals surface area contributed by atoms with Gasteiger partial charge in [0.1, 0.15) is 0 Å². The third-order valence-electron chi connectivity index (χ3n) is 3.03. The number of benzene rings is 1. The zero-order chi connectivity index (χ0) is 16.4. The first kappa shape index (κ1) is 16.0. The van der Waals surface area contributed by atoms with Crippen molar-refractivity contribution in [2.24, 2.45) is 0 Å². The average molecular weight is 369 g/mol. The van der Waals surface area contributed by atoms with Crippen LogP contribution < -0.4 is 5.32 Å². The predicted molar refractivity (Wildman–Crippen MR) is 92.4 cm³/mol. The van der Waals surface area contributed by atoms with E-state index < -0.39 is 10.0 Å². The van der Waals surface area contributed by atoms with Crippen LogP contribution in [0.3, 0.4) is 0 Å². The Morgan fingerprint density at radius 2 is 2.04 bits per heavy atom. The van der Waals surface area contributed by atoms with Crippen molar-refractivity contribution in [3.8, 4) is 10.7 Å². The molecule has 0 spiro atoms. The fourth-order valence-electron chi connectivity index (χ4n) is 1.96. The second-order valence-electron chi connectivity index (χ2n) is 4.79. The number of hydrogen-bond acceptors (Lipinski definition) is 6. The quantitative estimate of drug-likeness (QED) is 0.748. The minimum atomic E-state index is -3.57. The normalized spacial score (nSPS) is 11.6. The number of thiophene rings is 1. The van der Waals surface area contributed by atoms with E-state index >= 15 is 0 Å². The van der Waals surface area contributed by atoms with E-state index in [1.54, 1.807) is 6.07 Å². The standard InChI is InChI=1S/C14H13ClN4O2S2/c1-23(20,21)19-14(16-9-10-5-2-3-6-11(10)15)17-13(18-19)12-7-4-8-22-12/h2-8H,9H2,1H3,(H,16,17,18). The van der Waals surface area contributed by atoms with Gasteiger partial charge in [0.2, 0.25) is 5.95 Å². The van der Waals surface area contributed by atoms with Crippen molar-refractivity contribution in [1.29, 1.82) is 0 Å². The van der Waals surface area contributed by atoms with Crippen molar-refractivity contribution in [1.82, 2.24) is 14.2 Å². The molecule has 0 atom stereocenters.